The van der Waals surface area contributed by atoms with Gasteiger partial charge in [0.25, 0.3) is 0 Å². The summed E-state index contributed by atoms with van der Waals surface area (Å²) >= 11 is 1.71. The van der Waals surface area contributed by atoms with Gasteiger partial charge in [-0.05, 0) is 33.3 Å². The van der Waals surface area contributed by atoms with Crippen LogP contribution in [0.1, 0.15) is 45.8 Å². The first-order chi connectivity index (χ1) is 13.4. The van der Waals surface area contributed by atoms with Crippen LogP contribution in [0.15, 0.2) is 35.3 Å². The molecule has 0 amide bonds. The van der Waals surface area contributed by atoms with Crippen LogP contribution in [0.2, 0.25) is 0 Å². The van der Waals surface area contributed by atoms with Crippen LogP contribution in [-0.4, -0.2) is 25.7 Å². The monoisotopic (exact) mass is 397 g/mol. The average Bonchev–Trinajstić information content (AvgIpc) is 3.19. The highest BCUT2D eigenvalue weighted by Crippen LogP contribution is 2.16. The zero-order valence-electron chi connectivity index (χ0n) is 17.0. The molecule has 0 bridgehead atoms. The van der Waals surface area contributed by atoms with Crippen LogP contribution >= 0.6 is 11.3 Å². The predicted octanol–water partition coefficient (Wildman–Crippen LogP) is 3.19. The largest absolute Gasteiger partial charge is 0.350 e. The summed E-state index contributed by atoms with van der Waals surface area (Å²) in [6.45, 7) is 9.27. The molecule has 2 heterocycles. The predicted molar refractivity (Wildman–Crippen MR) is 113 cm³/mol. The van der Waals surface area contributed by atoms with Crippen molar-refractivity contribution in [1.82, 2.24) is 30.4 Å². The van der Waals surface area contributed by atoms with Gasteiger partial charge in [-0.3, -0.25) is 0 Å². The van der Waals surface area contributed by atoms with Crippen molar-refractivity contribution in [2.24, 2.45) is 12.0 Å². The fourth-order valence-electron chi connectivity index (χ4n) is 2.70. The normalized spacial score (nSPS) is 12.8. The van der Waals surface area contributed by atoms with Crippen LogP contribution < -0.4 is 10.6 Å². The maximum Gasteiger partial charge on any atom is 0.192 e. The minimum Gasteiger partial charge on any atom is -0.350 e. The molecule has 1 atom stereocenters. The molecule has 148 valence electrons. The second kappa shape index (κ2) is 8.97. The van der Waals surface area contributed by atoms with E-state index < -0.39 is 0 Å². The molecular weight excluding hydrogens is 370 g/mol. The van der Waals surface area contributed by atoms with Gasteiger partial charge in [0, 0.05) is 11.9 Å². The Balaban J connectivity index is 1.74. The second-order valence-corrected chi connectivity index (χ2v) is 8.05. The zero-order valence-corrected chi connectivity index (χ0v) is 17.8. The molecule has 0 saturated carbocycles. The Kier molecular flexibility index (Phi) is 6.41. The van der Waals surface area contributed by atoms with Crippen molar-refractivity contribution in [3.63, 3.8) is 0 Å². The summed E-state index contributed by atoms with van der Waals surface area (Å²) < 4.78 is 1.95. The number of aryl methyl sites for hydroxylation is 3. The molecule has 0 saturated heterocycles. The van der Waals surface area contributed by atoms with Crippen molar-refractivity contribution in [2.75, 3.05) is 0 Å². The summed E-state index contributed by atoms with van der Waals surface area (Å²) in [6.07, 6.45) is 0. The number of benzene rings is 1. The third-order valence-electron chi connectivity index (χ3n) is 4.69. The molecule has 0 aliphatic carbocycles. The molecule has 0 radical (unpaired) electrons. The lowest BCUT2D eigenvalue weighted by Gasteiger charge is -2.18. The van der Waals surface area contributed by atoms with E-state index in [4.69, 9.17) is 4.99 Å². The van der Waals surface area contributed by atoms with Crippen molar-refractivity contribution in [3.05, 3.63) is 63.1 Å². The number of guanidine groups is 1. The third kappa shape index (κ3) is 4.95. The minimum absolute atomic E-state index is 0.119. The highest BCUT2D eigenvalue weighted by atomic mass is 32.1. The van der Waals surface area contributed by atoms with Gasteiger partial charge in [-0.25, -0.2) is 9.98 Å². The molecule has 1 unspecified atom stereocenters. The summed E-state index contributed by atoms with van der Waals surface area (Å²) in [5.41, 5.74) is 2.29. The van der Waals surface area contributed by atoms with E-state index >= 15 is 0 Å². The van der Waals surface area contributed by atoms with E-state index in [-0.39, 0.29) is 6.04 Å². The van der Waals surface area contributed by atoms with Crippen LogP contribution in [0, 0.1) is 20.8 Å². The number of hydrogen-bond acceptors (Lipinski definition) is 5. The molecule has 7 nitrogen and oxygen atoms in total. The summed E-state index contributed by atoms with van der Waals surface area (Å²) in [4.78, 5) is 10.6. The van der Waals surface area contributed by atoms with E-state index in [1.165, 1.54) is 10.4 Å². The van der Waals surface area contributed by atoms with E-state index in [0.29, 0.717) is 13.1 Å². The second-order valence-electron chi connectivity index (χ2n) is 6.77. The molecular formula is C20H27N7S. The maximum atomic E-state index is 4.73. The van der Waals surface area contributed by atoms with Gasteiger partial charge < -0.3 is 15.2 Å². The van der Waals surface area contributed by atoms with Crippen LogP contribution in [0.4, 0.5) is 0 Å². The topological polar surface area (TPSA) is 80.0 Å². The zero-order chi connectivity index (χ0) is 20.1. The van der Waals surface area contributed by atoms with Gasteiger partial charge in [-0.1, -0.05) is 30.3 Å². The molecule has 2 aromatic heterocycles. The molecule has 28 heavy (non-hydrogen) atoms. The lowest BCUT2D eigenvalue weighted by Crippen LogP contribution is -2.38. The first-order valence-electron chi connectivity index (χ1n) is 9.31. The third-order valence-corrected chi connectivity index (χ3v) is 5.77. The van der Waals surface area contributed by atoms with E-state index in [9.17, 15) is 0 Å². The Bertz CT molecular complexity index is 923. The van der Waals surface area contributed by atoms with E-state index in [0.717, 1.165) is 28.3 Å². The van der Waals surface area contributed by atoms with Crippen molar-refractivity contribution >= 4 is 17.3 Å². The molecule has 0 fully saturated rings. The Morgan fingerprint density at radius 2 is 1.93 bits per heavy atom. The molecule has 8 heteroatoms. The number of thiazole rings is 1. The van der Waals surface area contributed by atoms with Crippen LogP contribution in [-0.2, 0) is 20.1 Å². The lowest BCUT2D eigenvalue weighted by molar-refractivity contribution is 0.675. The lowest BCUT2D eigenvalue weighted by atomic mass is 10.1. The van der Waals surface area contributed by atoms with Crippen molar-refractivity contribution in [2.45, 2.75) is 46.8 Å². The van der Waals surface area contributed by atoms with Crippen LogP contribution in [0.5, 0.6) is 0 Å². The number of nitrogens with one attached hydrogen (secondary N) is 2. The minimum atomic E-state index is 0.119. The maximum absolute atomic E-state index is 4.73. The van der Waals surface area contributed by atoms with Crippen molar-refractivity contribution < 1.29 is 0 Å². The quantitative estimate of drug-likeness (QED) is 0.493. The standard InChI is InChI=1S/C20H27N7S/c1-13-15(3)28-19(23-13)12-22-20(21-11-18-26-25-16(4)27(18)5)24-14(2)17-9-7-6-8-10-17/h6-10,14H,11-12H2,1-5H3,(H2,21,22,24). The number of aliphatic imine (C=N–C) groups is 1. The van der Waals surface area contributed by atoms with Gasteiger partial charge in [-0.2, -0.15) is 0 Å². The van der Waals surface area contributed by atoms with Crippen molar-refractivity contribution in [1.29, 1.82) is 0 Å². The highest BCUT2D eigenvalue weighted by Gasteiger charge is 2.11. The van der Waals surface area contributed by atoms with Crippen LogP contribution in [0.3, 0.4) is 0 Å². The summed E-state index contributed by atoms with van der Waals surface area (Å²) in [5, 5.41) is 16.2. The molecule has 0 spiro atoms. The molecule has 2 N–H and O–H groups in total. The number of aromatic nitrogens is 4. The molecule has 1 aromatic carbocycles. The first-order valence-corrected chi connectivity index (χ1v) is 10.1. The fourth-order valence-corrected chi connectivity index (χ4v) is 3.57. The van der Waals surface area contributed by atoms with Gasteiger partial charge in [0.05, 0.1) is 18.3 Å². The first kappa shape index (κ1) is 20.0. The molecule has 3 rings (SSSR count). The Hall–Kier alpha value is -2.74. The molecule has 0 aliphatic heterocycles. The SMILES string of the molecule is Cc1nc(CNC(=NCc2nnc(C)n2C)NC(C)c2ccccc2)sc1C. The van der Waals surface area contributed by atoms with E-state index in [1.54, 1.807) is 11.3 Å². The number of nitrogens with zero attached hydrogens (tertiary/aromatic N) is 5. The van der Waals surface area contributed by atoms with Gasteiger partial charge in [0.2, 0.25) is 0 Å². The van der Waals surface area contributed by atoms with Gasteiger partial charge >= 0.3 is 0 Å². The summed E-state index contributed by atoms with van der Waals surface area (Å²) in [6, 6.07) is 10.4. The summed E-state index contributed by atoms with van der Waals surface area (Å²) in [5.74, 6) is 2.42. The van der Waals surface area contributed by atoms with Gasteiger partial charge in [0.15, 0.2) is 11.8 Å². The Morgan fingerprint density at radius 3 is 2.54 bits per heavy atom. The molecule has 3 aromatic rings. The van der Waals surface area contributed by atoms with Crippen LogP contribution in [0.25, 0.3) is 0 Å². The molecule has 0 aliphatic rings. The average molecular weight is 398 g/mol. The summed E-state index contributed by atoms with van der Waals surface area (Å²) in [7, 11) is 1.95. The highest BCUT2D eigenvalue weighted by molar-refractivity contribution is 7.11. The number of rotatable bonds is 6. The Morgan fingerprint density at radius 1 is 1.18 bits per heavy atom. The number of hydrogen-bond donors (Lipinski definition) is 2. The van der Waals surface area contributed by atoms with Crippen molar-refractivity contribution in [3.8, 4) is 0 Å². The smallest absolute Gasteiger partial charge is 0.192 e. The van der Waals surface area contributed by atoms with Gasteiger partial charge in [-0.15, -0.1) is 21.5 Å². The van der Waals surface area contributed by atoms with Gasteiger partial charge in [0.1, 0.15) is 17.4 Å². The van der Waals surface area contributed by atoms with E-state index in [1.807, 2.05) is 43.7 Å². The fraction of sp³-hybridized carbons (Fsp3) is 0.400. The van der Waals surface area contributed by atoms with E-state index in [2.05, 4.69) is 51.8 Å². The Labute approximate surface area is 170 Å².